The summed E-state index contributed by atoms with van der Waals surface area (Å²) >= 11 is 5.92. The minimum Gasteiger partial charge on any atom is -0.315 e. The third-order valence-electron chi connectivity index (χ3n) is 2.97. The molecule has 0 radical (unpaired) electrons. The first-order chi connectivity index (χ1) is 9.03. The van der Waals surface area contributed by atoms with Crippen LogP contribution in [-0.2, 0) is 10.0 Å². The van der Waals surface area contributed by atoms with E-state index in [-0.39, 0.29) is 28.4 Å². The number of nitrogens with zero attached hydrogens (tertiary/aromatic N) is 1. The third-order valence-corrected chi connectivity index (χ3v) is 4.97. The molecule has 0 aromatic heterocycles. The smallest absolute Gasteiger partial charge is 0.242 e. The Bertz CT molecular complexity index is 608. The fourth-order valence-electron chi connectivity index (χ4n) is 2.02. The summed E-state index contributed by atoms with van der Waals surface area (Å²) in [5.74, 6) is 0. The second-order valence-electron chi connectivity index (χ2n) is 4.42. The van der Waals surface area contributed by atoms with E-state index >= 15 is 0 Å². The van der Waals surface area contributed by atoms with Gasteiger partial charge in [0.1, 0.15) is 4.90 Å². The zero-order valence-electron chi connectivity index (χ0n) is 10.6. The van der Waals surface area contributed by atoms with Crippen LogP contribution in [0.25, 0.3) is 0 Å². The van der Waals surface area contributed by atoms with Gasteiger partial charge in [0.2, 0.25) is 10.0 Å². The number of halogens is 2. The van der Waals surface area contributed by atoms with E-state index in [1.807, 2.05) is 6.07 Å². The van der Waals surface area contributed by atoms with Gasteiger partial charge in [0.15, 0.2) is 0 Å². The number of piperidine rings is 1. The van der Waals surface area contributed by atoms with E-state index < -0.39 is 10.0 Å². The Labute approximate surface area is 129 Å². The molecule has 1 heterocycles. The van der Waals surface area contributed by atoms with Crippen molar-refractivity contribution < 1.29 is 8.42 Å². The molecule has 1 aromatic carbocycles. The van der Waals surface area contributed by atoms with Gasteiger partial charge in [-0.05, 0) is 37.6 Å². The zero-order chi connectivity index (χ0) is 13.9. The van der Waals surface area contributed by atoms with Crippen LogP contribution in [0.15, 0.2) is 23.1 Å². The average Bonchev–Trinajstić information content (AvgIpc) is 2.38. The van der Waals surface area contributed by atoms with Crippen molar-refractivity contribution in [2.75, 3.05) is 13.1 Å². The highest BCUT2D eigenvalue weighted by Gasteiger charge is 2.23. The van der Waals surface area contributed by atoms with Crippen LogP contribution in [0.4, 0.5) is 0 Å². The van der Waals surface area contributed by atoms with Crippen LogP contribution in [0.1, 0.15) is 18.4 Å². The Morgan fingerprint density at radius 2 is 2.20 bits per heavy atom. The molecule has 1 aliphatic rings. The van der Waals surface area contributed by atoms with Gasteiger partial charge < -0.3 is 5.32 Å². The molecule has 0 amide bonds. The molecule has 2 N–H and O–H groups in total. The molecule has 8 heteroatoms. The number of nitrogens with one attached hydrogen (secondary N) is 2. The molecular formula is C12H15Cl2N3O2S. The molecule has 0 spiro atoms. The van der Waals surface area contributed by atoms with Gasteiger partial charge in [0.05, 0.1) is 16.7 Å². The van der Waals surface area contributed by atoms with Crippen LogP contribution in [0.5, 0.6) is 0 Å². The van der Waals surface area contributed by atoms with Gasteiger partial charge in [-0.25, -0.2) is 13.1 Å². The first kappa shape index (κ1) is 17.2. The maximum atomic E-state index is 12.2. The largest absolute Gasteiger partial charge is 0.315 e. The van der Waals surface area contributed by atoms with Gasteiger partial charge in [-0.15, -0.1) is 12.4 Å². The highest BCUT2D eigenvalue weighted by Crippen LogP contribution is 2.23. The van der Waals surface area contributed by atoms with E-state index in [1.54, 1.807) is 0 Å². The number of rotatable bonds is 3. The number of hydrogen-bond donors (Lipinski definition) is 2. The van der Waals surface area contributed by atoms with Crippen molar-refractivity contribution in [3.63, 3.8) is 0 Å². The fourth-order valence-corrected chi connectivity index (χ4v) is 3.84. The molecule has 0 saturated carbocycles. The van der Waals surface area contributed by atoms with Gasteiger partial charge in [-0.1, -0.05) is 11.6 Å². The van der Waals surface area contributed by atoms with Crippen molar-refractivity contribution in [1.82, 2.24) is 10.0 Å². The van der Waals surface area contributed by atoms with Crippen LogP contribution in [0, 0.1) is 11.3 Å². The molecule has 20 heavy (non-hydrogen) atoms. The van der Waals surface area contributed by atoms with Crippen LogP contribution in [-0.4, -0.2) is 27.5 Å². The summed E-state index contributed by atoms with van der Waals surface area (Å²) in [4.78, 5) is 0.0127. The van der Waals surface area contributed by atoms with Gasteiger partial charge in [0.25, 0.3) is 0 Å². The van der Waals surface area contributed by atoms with Crippen LogP contribution < -0.4 is 10.0 Å². The van der Waals surface area contributed by atoms with E-state index in [9.17, 15) is 8.42 Å². The SMILES string of the molecule is Cl.N#Cc1ccc(S(=O)(=O)NC2CCCNC2)c(Cl)c1. The summed E-state index contributed by atoms with van der Waals surface area (Å²) in [5, 5.41) is 11.9. The molecule has 110 valence electrons. The van der Waals surface area contributed by atoms with Crippen molar-refractivity contribution in [2.24, 2.45) is 0 Å². The summed E-state index contributed by atoms with van der Waals surface area (Å²) in [5.41, 5.74) is 0.336. The standard InChI is InChI=1S/C12H14ClN3O2S.ClH/c13-11-6-9(7-14)3-4-12(11)19(17,18)16-10-2-1-5-15-8-10;/h3-4,6,10,15-16H,1-2,5,8H2;1H. The lowest BCUT2D eigenvalue weighted by molar-refractivity contribution is 0.428. The lowest BCUT2D eigenvalue weighted by Gasteiger charge is -2.23. The molecule has 1 fully saturated rings. The van der Waals surface area contributed by atoms with E-state index in [0.29, 0.717) is 12.1 Å². The van der Waals surface area contributed by atoms with Crippen LogP contribution in [0.3, 0.4) is 0 Å². The van der Waals surface area contributed by atoms with Crippen LogP contribution >= 0.6 is 24.0 Å². The number of sulfonamides is 1. The molecule has 1 aromatic rings. The summed E-state index contributed by atoms with van der Waals surface area (Å²) in [6.45, 7) is 1.53. The van der Waals surface area contributed by atoms with Crippen molar-refractivity contribution in [3.8, 4) is 6.07 Å². The quantitative estimate of drug-likeness (QED) is 0.880. The van der Waals surface area contributed by atoms with E-state index in [4.69, 9.17) is 16.9 Å². The topological polar surface area (TPSA) is 82.0 Å². The lowest BCUT2D eigenvalue weighted by Crippen LogP contribution is -2.45. The van der Waals surface area contributed by atoms with Crippen LogP contribution in [0.2, 0.25) is 5.02 Å². The number of benzene rings is 1. The van der Waals surface area contributed by atoms with E-state index in [0.717, 1.165) is 19.4 Å². The highest BCUT2D eigenvalue weighted by atomic mass is 35.5. The molecule has 1 atom stereocenters. The molecule has 1 saturated heterocycles. The van der Waals surface area contributed by atoms with Crippen molar-refractivity contribution in [2.45, 2.75) is 23.8 Å². The Balaban J connectivity index is 0.00000200. The second-order valence-corrected chi connectivity index (χ2v) is 6.51. The normalized spacial score (nSPS) is 18.9. The first-order valence-electron chi connectivity index (χ1n) is 5.95. The summed E-state index contributed by atoms with van der Waals surface area (Å²) in [6.07, 6.45) is 1.74. The zero-order valence-corrected chi connectivity index (χ0v) is 13.0. The molecule has 1 unspecified atom stereocenters. The maximum absolute atomic E-state index is 12.2. The van der Waals surface area contributed by atoms with Crippen molar-refractivity contribution in [3.05, 3.63) is 28.8 Å². The molecule has 0 bridgehead atoms. The minimum absolute atomic E-state index is 0. The third kappa shape index (κ3) is 4.08. The monoisotopic (exact) mass is 335 g/mol. The summed E-state index contributed by atoms with van der Waals surface area (Å²) < 4.78 is 27.1. The van der Waals surface area contributed by atoms with E-state index in [2.05, 4.69) is 10.0 Å². The average molecular weight is 336 g/mol. The fraction of sp³-hybridized carbons (Fsp3) is 0.417. The summed E-state index contributed by atoms with van der Waals surface area (Å²) in [7, 11) is -3.65. The second kappa shape index (κ2) is 7.25. The van der Waals surface area contributed by atoms with Gasteiger partial charge in [-0.3, -0.25) is 0 Å². The Morgan fingerprint density at radius 3 is 2.75 bits per heavy atom. The summed E-state index contributed by atoms with van der Waals surface area (Å²) in [6, 6.07) is 5.96. The maximum Gasteiger partial charge on any atom is 0.242 e. The lowest BCUT2D eigenvalue weighted by atomic mass is 10.1. The molecule has 5 nitrogen and oxygen atoms in total. The van der Waals surface area contributed by atoms with Gasteiger partial charge >= 0.3 is 0 Å². The Kier molecular flexibility index (Phi) is 6.24. The Morgan fingerprint density at radius 1 is 1.45 bits per heavy atom. The van der Waals surface area contributed by atoms with Crippen molar-refractivity contribution in [1.29, 1.82) is 5.26 Å². The molecule has 2 rings (SSSR count). The predicted molar refractivity (Wildman–Crippen MR) is 79.6 cm³/mol. The predicted octanol–water partition coefficient (Wildman–Crippen LogP) is 1.66. The first-order valence-corrected chi connectivity index (χ1v) is 7.82. The molecule has 1 aliphatic heterocycles. The van der Waals surface area contributed by atoms with Gasteiger partial charge in [-0.2, -0.15) is 5.26 Å². The highest BCUT2D eigenvalue weighted by molar-refractivity contribution is 7.89. The number of hydrogen-bond acceptors (Lipinski definition) is 4. The molecular weight excluding hydrogens is 321 g/mol. The molecule has 0 aliphatic carbocycles. The van der Waals surface area contributed by atoms with Crippen molar-refractivity contribution >= 4 is 34.0 Å². The van der Waals surface area contributed by atoms with E-state index in [1.165, 1.54) is 18.2 Å². The Hall–Kier alpha value is -0.840. The minimum atomic E-state index is -3.65. The number of nitriles is 1. The van der Waals surface area contributed by atoms with Gasteiger partial charge in [0, 0.05) is 12.6 Å².